The predicted molar refractivity (Wildman–Crippen MR) is 145 cm³/mol. The third-order valence-electron chi connectivity index (χ3n) is 7.21. The zero-order valence-corrected chi connectivity index (χ0v) is 21.3. The zero-order chi connectivity index (χ0) is 27.1. The molecule has 1 amide bonds. The Labute approximate surface area is 224 Å². The molecule has 6 rings (SSSR count). The number of amides is 1. The highest BCUT2D eigenvalue weighted by Gasteiger charge is 2.33. The molecule has 4 aromatic rings. The van der Waals surface area contributed by atoms with E-state index in [2.05, 4.69) is 26.6 Å². The summed E-state index contributed by atoms with van der Waals surface area (Å²) in [6.45, 7) is 4.30. The number of anilines is 2. The Kier molecular flexibility index (Phi) is 6.40. The Morgan fingerprint density at radius 1 is 1.21 bits per heavy atom. The van der Waals surface area contributed by atoms with Crippen LogP contribution in [0.4, 0.5) is 16.0 Å². The number of aliphatic hydroxyl groups excluding tert-OH is 1. The van der Waals surface area contributed by atoms with Gasteiger partial charge in [-0.15, -0.1) is 6.58 Å². The van der Waals surface area contributed by atoms with Crippen LogP contribution in [0.1, 0.15) is 57.2 Å². The second-order valence-corrected chi connectivity index (χ2v) is 9.95. The number of benzene rings is 2. The molecule has 1 saturated carbocycles. The van der Waals surface area contributed by atoms with Gasteiger partial charge in [-0.1, -0.05) is 24.3 Å². The number of rotatable bonds is 8. The molecule has 0 bridgehead atoms. The van der Waals surface area contributed by atoms with E-state index in [0.717, 1.165) is 29.5 Å². The van der Waals surface area contributed by atoms with Crippen molar-refractivity contribution in [3.63, 3.8) is 0 Å². The van der Waals surface area contributed by atoms with Crippen LogP contribution in [-0.2, 0) is 26.0 Å². The molecular weight excluding hydrogens is 497 g/mol. The summed E-state index contributed by atoms with van der Waals surface area (Å²) in [7, 11) is 0. The number of allylic oxidation sites excluding steroid dienone is 1. The molecule has 0 saturated heterocycles. The third kappa shape index (κ3) is 4.79. The minimum absolute atomic E-state index is 0.0410. The van der Waals surface area contributed by atoms with Gasteiger partial charge in [-0.25, -0.2) is 9.37 Å². The van der Waals surface area contributed by atoms with Crippen LogP contribution in [0, 0.1) is 5.82 Å². The lowest BCUT2D eigenvalue weighted by Gasteiger charge is -2.31. The van der Waals surface area contributed by atoms with Crippen molar-refractivity contribution in [3.8, 4) is 11.4 Å². The number of carbonyl (C=O) groups excluding carboxylic acids is 1. The van der Waals surface area contributed by atoms with Gasteiger partial charge < -0.3 is 15.7 Å². The summed E-state index contributed by atoms with van der Waals surface area (Å²) in [6, 6.07) is 8.75. The van der Waals surface area contributed by atoms with Crippen molar-refractivity contribution < 1.29 is 14.3 Å². The van der Waals surface area contributed by atoms with Crippen LogP contribution in [-0.4, -0.2) is 42.3 Å². The lowest BCUT2D eigenvalue weighted by atomic mass is 9.93. The van der Waals surface area contributed by atoms with Crippen molar-refractivity contribution in [1.82, 2.24) is 24.7 Å². The summed E-state index contributed by atoms with van der Waals surface area (Å²) in [5.74, 6) is 0.261. The van der Waals surface area contributed by atoms with E-state index in [9.17, 15) is 9.90 Å². The van der Waals surface area contributed by atoms with Gasteiger partial charge >= 0.3 is 0 Å². The number of hydrogen-bond donors (Lipinski definition) is 2. The first-order valence-electron chi connectivity index (χ1n) is 12.9. The summed E-state index contributed by atoms with van der Waals surface area (Å²) in [6.07, 6.45) is 8.40. The Hall–Kier alpha value is -4.44. The zero-order valence-electron chi connectivity index (χ0n) is 21.3. The van der Waals surface area contributed by atoms with Crippen molar-refractivity contribution >= 4 is 17.5 Å². The van der Waals surface area contributed by atoms with E-state index in [1.54, 1.807) is 35.2 Å². The van der Waals surface area contributed by atoms with Gasteiger partial charge in [0.1, 0.15) is 11.6 Å². The van der Waals surface area contributed by atoms with Crippen LogP contribution >= 0.6 is 0 Å². The standard InChI is InChI=1S/C29H28FN7O2/c1-2-9-36-15-17(14-32-36)11-25-33-27(35-29(31)34-25)21-4-3-5-24(22(21)16-38)37-10-8-19-12-20(18-6-7-18)13-23(30)26(19)28(37)39/h2-5,12-15,18,38H,1,6-11,16H2,(H2,31,33,34,35). The number of aromatic nitrogens is 5. The highest BCUT2D eigenvalue weighted by molar-refractivity contribution is 6.09. The molecule has 0 radical (unpaired) electrons. The van der Waals surface area contributed by atoms with Crippen molar-refractivity contribution in [2.45, 2.75) is 44.8 Å². The minimum atomic E-state index is -0.489. The van der Waals surface area contributed by atoms with Crippen molar-refractivity contribution in [3.05, 3.63) is 94.8 Å². The molecule has 3 N–H and O–H groups in total. The fourth-order valence-corrected chi connectivity index (χ4v) is 5.23. The summed E-state index contributed by atoms with van der Waals surface area (Å²) in [4.78, 5) is 28.3. The molecule has 0 atom stereocenters. The number of aliphatic hydroxyl groups is 1. The van der Waals surface area contributed by atoms with Crippen LogP contribution in [0.3, 0.4) is 0 Å². The fraction of sp³-hybridized carbons (Fsp3) is 0.276. The van der Waals surface area contributed by atoms with Crippen LogP contribution in [0.5, 0.6) is 0 Å². The molecule has 1 fully saturated rings. The number of nitrogens with two attached hydrogens (primary N) is 1. The van der Waals surface area contributed by atoms with E-state index < -0.39 is 11.7 Å². The SMILES string of the molecule is C=CCn1cc(Cc2nc(N)nc(-c3cccc(N4CCc5cc(C6CC6)cc(F)c5C4=O)c3CO)n2)cn1. The molecule has 2 aliphatic rings. The average Bonchev–Trinajstić information content (AvgIpc) is 3.68. The Morgan fingerprint density at radius 2 is 2.05 bits per heavy atom. The molecule has 0 spiro atoms. The van der Waals surface area contributed by atoms with Crippen molar-refractivity contribution in [2.75, 3.05) is 17.2 Å². The Bertz CT molecular complexity index is 1590. The molecular formula is C29H28FN7O2. The summed E-state index contributed by atoms with van der Waals surface area (Å²) in [5.41, 5.74) is 10.2. The van der Waals surface area contributed by atoms with E-state index in [4.69, 9.17) is 5.73 Å². The number of nitrogens with zero attached hydrogens (tertiary/aromatic N) is 6. The van der Waals surface area contributed by atoms with Crippen LogP contribution in [0.2, 0.25) is 0 Å². The topological polar surface area (TPSA) is 123 Å². The predicted octanol–water partition coefficient (Wildman–Crippen LogP) is 3.81. The molecule has 2 aromatic carbocycles. The van der Waals surface area contributed by atoms with Crippen molar-refractivity contribution in [2.24, 2.45) is 0 Å². The van der Waals surface area contributed by atoms with Gasteiger partial charge in [0.25, 0.3) is 5.91 Å². The molecule has 2 aromatic heterocycles. The Balaban J connectivity index is 1.34. The minimum Gasteiger partial charge on any atom is -0.392 e. The van der Waals surface area contributed by atoms with Gasteiger partial charge in [0.05, 0.1) is 30.6 Å². The highest BCUT2D eigenvalue weighted by Crippen LogP contribution is 2.42. The quantitative estimate of drug-likeness (QED) is 0.335. The lowest BCUT2D eigenvalue weighted by Crippen LogP contribution is -2.39. The first kappa shape index (κ1) is 24.9. The van der Waals surface area contributed by atoms with Gasteiger partial charge in [-0.3, -0.25) is 9.48 Å². The Morgan fingerprint density at radius 3 is 2.82 bits per heavy atom. The second kappa shape index (κ2) is 10.0. The monoisotopic (exact) mass is 525 g/mol. The van der Waals surface area contributed by atoms with Crippen molar-refractivity contribution in [1.29, 1.82) is 0 Å². The van der Waals surface area contributed by atoms with E-state index in [0.29, 0.717) is 54.5 Å². The van der Waals surface area contributed by atoms with Gasteiger partial charge in [-0.2, -0.15) is 15.1 Å². The highest BCUT2D eigenvalue weighted by atomic mass is 19.1. The molecule has 10 heteroatoms. The lowest BCUT2D eigenvalue weighted by molar-refractivity contribution is 0.0976. The van der Waals surface area contributed by atoms with Gasteiger partial charge in [0, 0.05) is 30.3 Å². The largest absolute Gasteiger partial charge is 0.392 e. The maximum atomic E-state index is 15.1. The van der Waals surface area contributed by atoms with E-state index >= 15 is 4.39 Å². The smallest absolute Gasteiger partial charge is 0.261 e. The first-order valence-corrected chi connectivity index (χ1v) is 12.9. The number of halogens is 1. The molecule has 0 unspecified atom stereocenters. The number of carbonyl (C=O) groups is 1. The third-order valence-corrected chi connectivity index (χ3v) is 7.21. The van der Waals surface area contributed by atoms with E-state index in [1.165, 1.54) is 11.0 Å². The van der Waals surface area contributed by atoms with Crippen LogP contribution in [0.15, 0.2) is 55.4 Å². The second-order valence-electron chi connectivity index (χ2n) is 9.95. The maximum absolute atomic E-state index is 15.1. The summed E-state index contributed by atoms with van der Waals surface area (Å²) in [5, 5.41) is 14.7. The molecule has 1 aliphatic carbocycles. The van der Waals surface area contributed by atoms with E-state index in [-0.39, 0.29) is 23.9 Å². The number of fused-ring (bicyclic) bond motifs is 1. The maximum Gasteiger partial charge on any atom is 0.261 e. The molecule has 39 heavy (non-hydrogen) atoms. The first-order chi connectivity index (χ1) is 18.9. The average molecular weight is 526 g/mol. The summed E-state index contributed by atoms with van der Waals surface area (Å²) >= 11 is 0. The normalized spacial score (nSPS) is 14.9. The van der Waals surface area contributed by atoms with Crippen LogP contribution in [0.25, 0.3) is 11.4 Å². The molecule has 9 nitrogen and oxygen atoms in total. The molecule has 198 valence electrons. The van der Waals surface area contributed by atoms with Gasteiger partial charge in [-0.05, 0) is 54.0 Å². The molecule has 1 aliphatic heterocycles. The van der Waals surface area contributed by atoms with E-state index in [1.807, 2.05) is 12.3 Å². The van der Waals surface area contributed by atoms with Crippen LogP contribution < -0.4 is 10.6 Å². The molecule has 3 heterocycles. The number of hydrogen-bond acceptors (Lipinski definition) is 7. The fourth-order valence-electron chi connectivity index (χ4n) is 5.23. The van der Waals surface area contributed by atoms with Gasteiger partial charge in [0.2, 0.25) is 5.95 Å². The number of nitrogen functional groups attached to an aromatic ring is 1. The van der Waals surface area contributed by atoms with Gasteiger partial charge in [0.15, 0.2) is 5.82 Å². The summed E-state index contributed by atoms with van der Waals surface area (Å²) < 4.78 is 16.9.